The van der Waals surface area contributed by atoms with Crippen LogP contribution in [-0.2, 0) is 21.5 Å². The molecule has 1 rings (SSSR count). The number of carbonyl (C=O) groups excluding carboxylic acids is 1. The third-order valence-electron chi connectivity index (χ3n) is 2.31. The highest BCUT2D eigenvalue weighted by Crippen LogP contribution is 2.10. The standard InChI is InChI=1S/C11H15FN4O4S/c1-2-20-11(17)16-21(18,19)15-6-8-4-3-7(10(13)14)5-9(8)12/h3-5,15H,2,6H2,1H3,(H3,13,14)(H,16,17). The van der Waals surface area contributed by atoms with Crippen molar-refractivity contribution in [2.45, 2.75) is 13.5 Å². The van der Waals surface area contributed by atoms with Gasteiger partial charge in [-0.15, -0.1) is 0 Å². The molecule has 0 unspecified atom stereocenters. The molecular formula is C11H15FN4O4S. The average molecular weight is 318 g/mol. The van der Waals surface area contributed by atoms with Gasteiger partial charge in [-0.25, -0.2) is 13.9 Å². The number of carbonyl (C=O) groups is 1. The van der Waals surface area contributed by atoms with Gasteiger partial charge in [0.15, 0.2) is 0 Å². The Bertz CT molecular complexity index is 648. The van der Waals surface area contributed by atoms with Crippen LogP contribution < -0.4 is 15.2 Å². The first-order chi connectivity index (χ1) is 9.75. The third kappa shape index (κ3) is 5.36. The zero-order chi connectivity index (χ0) is 16.0. The van der Waals surface area contributed by atoms with Crippen molar-refractivity contribution in [2.24, 2.45) is 5.73 Å². The van der Waals surface area contributed by atoms with Crippen LogP contribution in [0.15, 0.2) is 18.2 Å². The molecular weight excluding hydrogens is 303 g/mol. The molecule has 0 aliphatic rings. The first-order valence-electron chi connectivity index (χ1n) is 5.82. The van der Waals surface area contributed by atoms with E-state index < -0.39 is 22.1 Å². The van der Waals surface area contributed by atoms with Gasteiger partial charge in [0.2, 0.25) is 0 Å². The van der Waals surface area contributed by atoms with Crippen LogP contribution in [0.1, 0.15) is 18.1 Å². The van der Waals surface area contributed by atoms with Crippen molar-refractivity contribution in [1.82, 2.24) is 9.44 Å². The largest absolute Gasteiger partial charge is 0.449 e. The Morgan fingerprint density at radius 1 is 1.48 bits per heavy atom. The fourth-order valence-corrected chi connectivity index (χ4v) is 2.03. The summed E-state index contributed by atoms with van der Waals surface area (Å²) in [5, 5.41) is 7.16. The van der Waals surface area contributed by atoms with Gasteiger partial charge < -0.3 is 10.5 Å². The van der Waals surface area contributed by atoms with E-state index >= 15 is 0 Å². The molecule has 0 fully saturated rings. The summed E-state index contributed by atoms with van der Waals surface area (Å²) < 4.78 is 44.6. The zero-order valence-corrected chi connectivity index (χ0v) is 12.0. The highest BCUT2D eigenvalue weighted by molar-refractivity contribution is 7.88. The van der Waals surface area contributed by atoms with Crippen LogP contribution in [0.25, 0.3) is 0 Å². The molecule has 0 saturated heterocycles. The monoisotopic (exact) mass is 318 g/mol. The van der Waals surface area contributed by atoms with Gasteiger partial charge in [0.05, 0.1) is 6.61 Å². The predicted octanol–water partition coefficient (Wildman–Crippen LogP) is 0.190. The first-order valence-corrected chi connectivity index (χ1v) is 7.30. The number of ether oxygens (including phenoxy) is 1. The van der Waals surface area contributed by atoms with E-state index in [2.05, 4.69) is 4.74 Å². The molecule has 0 spiro atoms. The van der Waals surface area contributed by atoms with E-state index in [1.807, 2.05) is 4.72 Å². The SMILES string of the molecule is CCOC(=O)NS(=O)(=O)NCc1ccc(C(=N)N)cc1F. The first kappa shape index (κ1) is 16.9. The number of halogens is 1. The van der Waals surface area contributed by atoms with Crippen molar-refractivity contribution in [3.05, 3.63) is 35.1 Å². The van der Waals surface area contributed by atoms with Crippen molar-refractivity contribution >= 4 is 22.1 Å². The highest BCUT2D eigenvalue weighted by Gasteiger charge is 2.15. The third-order valence-corrected chi connectivity index (χ3v) is 3.27. The minimum absolute atomic E-state index is 0.0164. The number of nitrogens with one attached hydrogen (secondary N) is 3. The number of nitrogens with two attached hydrogens (primary N) is 1. The number of amidine groups is 1. The molecule has 0 radical (unpaired) electrons. The maximum absolute atomic E-state index is 13.7. The Kier molecular flexibility index (Phi) is 5.61. The van der Waals surface area contributed by atoms with Crippen LogP contribution in [0, 0.1) is 11.2 Å². The van der Waals surface area contributed by atoms with E-state index in [1.165, 1.54) is 19.1 Å². The number of amides is 1. The molecule has 0 aliphatic heterocycles. The Morgan fingerprint density at radius 3 is 2.67 bits per heavy atom. The smallest absolute Gasteiger partial charge is 0.421 e. The summed E-state index contributed by atoms with van der Waals surface area (Å²) in [6.07, 6.45) is -1.13. The zero-order valence-electron chi connectivity index (χ0n) is 11.1. The lowest BCUT2D eigenvalue weighted by molar-refractivity contribution is 0.158. The molecule has 1 amide bonds. The maximum Gasteiger partial charge on any atom is 0.421 e. The van der Waals surface area contributed by atoms with Gasteiger partial charge >= 0.3 is 16.3 Å². The minimum Gasteiger partial charge on any atom is -0.449 e. The van der Waals surface area contributed by atoms with Crippen LogP contribution in [-0.4, -0.2) is 27.0 Å². The summed E-state index contributed by atoms with van der Waals surface area (Å²) in [5.74, 6) is -1.02. The van der Waals surface area contributed by atoms with Crippen molar-refractivity contribution in [3.8, 4) is 0 Å². The fourth-order valence-electron chi connectivity index (χ4n) is 1.34. The topological polar surface area (TPSA) is 134 Å². The summed E-state index contributed by atoms with van der Waals surface area (Å²) in [6, 6.07) is 3.69. The fraction of sp³-hybridized carbons (Fsp3) is 0.273. The molecule has 0 bridgehead atoms. The van der Waals surface area contributed by atoms with E-state index in [4.69, 9.17) is 11.1 Å². The molecule has 0 saturated carbocycles. The minimum atomic E-state index is -4.15. The normalized spacial score (nSPS) is 11.0. The summed E-state index contributed by atoms with van der Waals surface area (Å²) in [7, 11) is -4.15. The van der Waals surface area contributed by atoms with E-state index in [9.17, 15) is 17.6 Å². The van der Waals surface area contributed by atoms with Crippen LogP contribution in [0.5, 0.6) is 0 Å². The Morgan fingerprint density at radius 2 is 2.14 bits per heavy atom. The second kappa shape index (κ2) is 6.99. The van der Waals surface area contributed by atoms with Gasteiger partial charge in [-0.2, -0.15) is 13.1 Å². The van der Waals surface area contributed by atoms with Gasteiger partial charge in [0.1, 0.15) is 11.7 Å². The lowest BCUT2D eigenvalue weighted by Crippen LogP contribution is -2.40. The van der Waals surface area contributed by atoms with E-state index in [1.54, 1.807) is 4.72 Å². The maximum atomic E-state index is 13.7. The van der Waals surface area contributed by atoms with E-state index in [-0.39, 0.29) is 30.1 Å². The summed E-state index contributed by atoms with van der Waals surface area (Å²) in [4.78, 5) is 11.0. The van der Waals surface area contributed by atoms with Gasteiger partial charge in [-0.3, -0.25) is 5.41 Å². The van der Waals surface area contributed by atoms with E-state index in [0.29, 0.717) is 0 Å². The predicted molar refractivity (Wildman–Crippen MR) is 73.3 cm³/mol. The van der Waals surface area contributed by atoms with Gasteiger partial charge in [-0.05, 0) is 13.0 Å². The highest BCUT2D eigenvalue weighted by atomic mass is 32.2. The Balaban J connectivity index is 2.70. The second-order valence-corrected chi connectivity index (χ2v) is 5.37. The molecule has 1 aromatic carbocycles. The summed E-state index contributed by atoms with van der Waals surface area (Å²) in [6.45, 7) is 1.16. The van der Waals surface area contributed by atoms with Gasteiger partial charge in [-0.1, -0.05) is 12.1 Å². The van der Waals surface area contributed by atoms with Crippen LogP contribution in [0.4, 0.5) is 9.18 Å². The van der Waals surface area contributed by atoms with Crippen molar-refractivity contribution in [1.29, 1.82) is 5.41 Å². The molecule has 0 aliphatic carbocycles. The quantitative estimate of drug-likeness (QED) is 0.439. The van der Waals surface area contributed by atoms with Crippen LogP contribution in [0.3, 0.4) is 0 Å². The molecule has 8 nitrogen and oxygen atoms in total. The number of nitrogen functional groups attached to an aromatic ring is 1. The van der Waals surface area contributed by atoms with Gasteiger partial charge in [0.25, 0.3) is 0 Å². The summed E-state index contributed by atoms with van der Waals surface area (Å²) >= 11 is 0. The lowest BCUT2D eigenvalue weighted by atomic mass is 10.1. The summed E-state index contributed by atoms with van der Waals surface area (Å²) in [5.41, 5.74) is 5.42. The van der Waals surface area contributed by atoms with E-state index in [0.717, 1.165) is 6.07 Å². The van der Waals surface area contributed by atoms with Crippen LogP contribution >= 0.6 is 0 Å². The molecule has 116 valence electrons. The van der Waals surface area contributed by atoms with Crippen molar-refractivity contribution in [2.75, 3.05) is 6.61 Å². The molecule has 1 aromatic rings. The molecule has 21 heavy (non-hydrogen) atoms. The molecule has 0 atom stereocenters. The number of hydrogen-bond donors (Lipinski definition) is 4. The molecule has 0 aromatic heterocycles. The lowest BCUT2D eigenvalue weighted by Gasteiger charge is -2.09. The van der Waals surface area contributed by atoms with Crippen molar-refractivity contribution in [3.63, 3.8) is 0 Å². The second-order valence-electron chi connectivity index (χ2n) is 3.87. The van der Waals surface area contributed by atoms with Gasteiger partial charge in [0, 0.05) is 17.7 Å². The number of benzene rings is 1. The Hall–Kier alpha value is -2.20. The Labute approximate surface area is 121 Å². The average Bonchev–Trinajstić information content (AvgIpc) is 2.36. The van der Waals surface area contributed by atoms with Crippen LogP contribution in [0.2, 0.25) is 0 Å². The number of rotatable bonds is 6. The van der Waals surface area contributed by atoms with Crippen molar-refractivity contribution < 1.29 is 22.3 Å². The number of hydrogen-bond acceptors (Lipinski definition) is 5. The molecule has 10 heteroatoms. The molecule has 5 N–H and O–H groups in total. The molecule has 0 heterocycles.